The SMILES string of the molecule is CC(=O)N1CCc2cc(-c3cccc(C4(c5ccccc5)CN(C)C(N)=N4)c3)ccc21. The average molecular weight is 411 g/mol. The first-order valence-electron chi connectivity index (χ1n) is 10.6. The lowest BCUT2D eigenvalue weighted by atomic mass is 9.82. The van der Waals surface area contributed by atoms with E-state index < -0.39 is 5.54 Å². The molecule has 0 spiro atoms. The quantitative estimate of drug-likeness (QED) is 0.715. The third-order valence-electron chi connectivity index (χ3n) is 6.44. The number of hydrogen-bond acceptors (Lipinski definition) is 4. The van der Waals surface area contributed by atoms with Crippen molar-refractivity contribution in [3.63, 3.8) is 0 Å². The summed E-state index contributed by atoms with van der Waals surface area (Å²) in [5.41, 5.74) is 12.5. The zero-order valence-electron chi connectivity index (χ0n) is 17.9. The van der Waals surface area contributed by atoms with Crippen LogP contribution < -0.4 is 10.6 Å². The minimum Gasteiger partial charge on any atom is -0.370 e. The predicted octanol–water partition coefficient (Wildman–Crippen LogP) is 3.77. The highest BCUT2D eigenvalue weighted by molar-refractivity contribution is 5.94. The van der Waals surface area contributed by atoms with E-state index in [0.29, 0.717) is 12.5 Å². The Kier molecular flexibility index (Phi) is 4.54. The van der Waals surface area contributed by atoms with Crippen molar-refractivity contribution < 1.29 is 4.79 Å². The van der Waals surface area contributed by atoms with E-state index in [1.807, 2.05) is 35.0 Å². The molecule has 5 nitrogen and oxygen atoms in total. The number of anilines is 1. The lowest BCUT2D eigenvalue weighted by Crippen LogP contribution is -2.34. The van der Waals surface area contributed by atoms with Gasteiger partial charge >= 0.3 is 0 Å². The highest BCUT2D eigenvalue weighted by Crippen LogP contribution is 2.40. The predicted molar refractivity (Wildman–Crippen MR) is 125 cm³/mol. The summed E-state index contributed by atoms with van der Waals surface area (Å²) >= 11 is 0. The van der Waals surface area contributed by atoms with Crippen LogP contribution in [0.3, 0.4) is 0 Å². The van der Waals surface area contributed by atoms with E-state index in [1.165, 1.54) is 5.56 Å². The number of carbonyl (C=O) groups excluding carboxylic acids is 1. The first-order valence-corrected chi connectivity index (χ1v) is 10.6. The number of hydrogen-bond donors (Lipinski definition) is 1. The van der Waals surface area contributed by atoms with Crippen LogP contribution in [0.2, 0.25) is 0 Å². The average Bonchev–Trinajstić information content (AvgIpc) is 3.35. The number of likely N-dealkylation sites (N-methyl/N-ethyl adjacent to an activating group) is 1. The van der Waals surface area contributed by atoms with Crippen molar-refractivity contribution in [2.75, 3.05) is 25.0 Å². The van der Waals surface area contributed by atoms with E-state index in [2.05, 4.69) is 54.6 Å². The number of nitrogens with two attached hydrogens (primary N) is 1. The Morgan fingerprint density at radius 3 is 2.42 bits per heavy atom. The van der Waals surface area contributed by atoms with Crippen molar-refractivity contribution >= 4 is 17.6 Å². The second-order valence-corrected chi connectivity index (χ2v) is 8.40. The zero-order valence-corrected chi connectivity index (χ0v) is 17.9. The van der Waals surface area contributed by atoms with Crippen LogP contribution in [0.4, 0.5) is 5.69 Å². The van der Waals surface area contributed by atoms with E-state index in [1.54, 1.807) is 6.92 Å². The molecule has 0 saturated heterocycles. The number of amides is 1. The summed E-state index contributed by atoms with van der Waals surface area (Å²) in [6.45, 7) is 3.08. The smallest absolute Gasteiger partial charge is 0.223 e. The summed E-state index contributed by atoms with van der Waals surface area (Å²) in [6.07, 6.45) is 0.891. The molecule has 1 atom stereocenters. The van der Waals surface area contributed by atoms with E-state index in [0.717, 1.165) is 40.9 Å². The molecule has 5 heteroatoms. The first kappa shape index (κ1) is 19.4. The van der Waals surface area contributed by atoms with Gasteiger partial charge in [0.2, 0.25) is 5.91 Å². The number of fused-ring (bicyclic) bond motifs is 1. The molecule has 5 rings (SSSR count). The number of nitrogens with zero attached hydrogens (tertiary/aromatic N) is 3. The van der Waals surface area contributed by atoms with Crippen molar-refractivity contribution in [1.82, 2.24) is 4.90 Å². The molecule has 0 saturated carbocycles. The number of benzene rings is 3. The van der Waals surface area contributed by atoms with Crippen LogP contribution in [0.25, 0.3) is 11.1 Å². The van der Waals surface area contributed by atoms with Crippen LogP contribution in [-0.2, 0) is 16.8 Å². The van der Waals surface area contributed by atoms with Crippen molar-refractivity contribution in [3.05, 3.63) is 89.5 Å². The molecule has 2 N–H and O–H groups in total. The van der Waals surface area contributed by atoms with Gasteiger partial charge in [0.15, 0.2) is 5.96 Å². The fraction of sp³-hybridized carbons (Fsp3) is 0.231. The molecule has 1 amide bonds. The second kappa shape index (κ2) is 7.27. The summed E-state index contributed by atoms with van der Waals surface area (Å²) in [5, 5.41) is 0. The van der Waals surface area contributed by atoms with E-state index in [9.17, 15) is 4.79 Å². The van der Waals surface area contributed by atoms with Crippen molar-refractivity contribution in [2.45, 2.75) is 18.9 Å². The van der Waals surface area contributed by atoms with Crippen LogP contribution in [0.1, 0.15) is 23.6 Å². The van der Waals surface area contributed by atoms with Gasteiger partial charge in [-0.15, -0.1) is 0 Å². The van der Waals surface area contributed by atoms with Crippen LogP contribution in [0, 0.1) is 0 Å². The van der Waals surface area contributed by atoms with E-state index >= 15 is 0 Å². The molecule has 3 aromatic rings. The summed E-state index contributed by atoms with van der Waals surface area (Å²) in [5.74, 6) is 0.648. The number of aliphatic imine (C=N–C) groups is 1. The van der Waals surface area contributed by atoms with Gasteiger partial charge in [0.1, 0.15) is 5.54 Å². The number of guanidine groups is 1. The molecule has 2 aliphatic heterocycles. The molecule has 1 unspecified atom stereocenters. The maximum absolute atomic E-state index is 11.9. The summed E-state index contributed by atoms with van der Waals surface area (Å²) in [6, 6.07) is 25.3. The largest absolute Gasteiger partial charge is 0.370 e. The van der Waals surface area contributed by atoms with Gasteiger partial charge in [0.05, 0.1) is 6.54 Å². The van der Waals surface area contributed by atoms with Crippen LogP contribution in [0.15, 0.2) is 77.8 Å². The van der Waals surface area contributed by atoms with E-state index in [-0.39, 0.29) is 5.91 Å². The maximum Gasteiger partial charge on any atom is 0.223 e. The summed E-state index contributed by atoms with van der Waals surface area (Å²) in [7, 11) is 1.98. The van der Waals surface area contributed by atoms with Crippen LogP contribution in [-0.4, -0.2) is 36.9 Å². The molecule has 156 valence electrons. The summed E-state index contributed by atoms with van der Waals surface area (Å²) in [4.78, 5) is 20.7. The molecule has 31 heavy (non-hydrogen) atoms. The molecule has 0 radical (unpaired) electrons. The Balaban J connectivity index is 1.59. The monoisotopic (exact) mass is 410 g/mol. The normalized spacial score (nSPS) is 20.0. The highest BCUT2D eigenvalue weighted by Gasteiger charge is 2.40. The minimum absolute atomic E-state index is 0.0964. The van der Waals surface area contributed by atoms with Gasteiger partial charge < -0.3 is 15.5 Å². The molecule has 0 aromatic heterocycles. The van der Waals surface area contributed by atoms with E-state index in [4.69, 9.17) is 10.7 Å². The second-order valence-electron chi connectivity index (χ2n) is 8.40. The Hall–Kier alpha value is -3.60. The third kappa shape index (κ3) is 3.17. The maximum atomic E-state index is 11.9. The zero-order chi connectivity index (χ0) is 21.6. The van der Waals surface area contributed by atoms with Crippen molar-refractivity contribution in [1.29, 1.82) is 0 Å². The van der Waals surface area contributed by atoms with Gasteiger partial charge in [-0.2, -0.15) is 0 Å². The summed E-state index contributed by atoms with van der Waals surface area (Å²) < 4.78 is 0. The van der Waals surface area contributed by atoms with Gasteiger partial charge in [-0.1, -0.05) is 54.6 Å². The van der Waals surface area contributed by atoms with Crippen molar-refractivity contribution in [3.8, 4) is 11.1 Å². The van der Waals surface area contributed by atoms with Crippen molar-refractivity contribution in [2.24, 2.45) is 10.7 Å². The molecule has 0 aliphatic carbocycles. The molecule has 2 heterocycles. The number of rotatable bonds is 3. The Labute approximate surface area is 182 Å². The topological polar surface area (TPSA) is 61.9 Å². The van der Waals surface area contributed by atoms with Gasteiger partial charge in [0, 0.05) is 26.2 Å². The Bertz CT molecular complexity index is 1190. The molecule has 0 fully saturated rings. The molecule has 3 aromatic carbocycles. The lowest BCUT2D eigenvalue weighted by molar-refractivity contribution is -0.116. The van der Waals surface area contributed by atoms with Gasteiger partial charge in [-0.25, -0.2) is 4.99 Å². The fourth-order valence-electron chi connectivity index (χ4n) is 4.80. The van der Waals surface area contributed by atoms with Crippen LogP contribution in [0.5, 0.6) is 0 Å². The fourth-order valence-corrected chi connectivity index (χ4v) is 4.80. The standard InChI is InChI=1S/C26H26N4O/c1-18(31)30-14-13-21-15-20(11-12-24(21)30)19-7-6-10-23(16-19)26(17-29(2)25(27)28-26)22-8-4-3-5-9-22/h3-12,15-16H,13-14,17H2,1-2H3,(H2,27,28). The molecular formula is C26H26N4O. The van der Waals surface area contributed by atoms with Gasteiger partial charge in [0.25, 0.3) is 0 Å². The highest BCUT2D eigenvalue weighted by atomic mass is 16.2. The molecular weight excluding hydrogens is 384 g/mol. The third-order valence-corrected chi connectivity index (χ3v) is 6.44. The Morgan fingerprint density at radius 2 is 1.71 bits per heavy atom. The Morgan fingerprint density at radius 1 is 0.968 bits per heavy atom. The molecule has 2 aliphatic rings. The molecule has 0 bridgehead atoms. The van der Waals surface area contributed by atoms with Crippen LogP contribution >= 0.6 is 0 Å². The first-order chi connectivity index (χ1) is 15.0. The lowest BCUT2D eigenvalue weighted by Gasteiger charge is -2.28. The minimum atomic E-state index is -0.530. The van der Waals surface area contributed by atoms with Gasteiger partial charge in [-0.05, 0) is 52.4 Å². The van der Waals surface area contributed by atoms with Gasteiger partial charge in [-0.3, -0.25) is 4.79 Å². The number of carbonyl (C=O) groups is 1.